The number of anilines is 1. The Morgan fingerprint density at radius 1 is 1.38 bits per heavy atom. The fourth-order valence-corrected chi connectivity index (χ4v) is 2.11. The minimum absolute atomic E-state index is 0.0467. The van der Waals surface area contributed by atoms with E-state index < -0.39 is 0 Å². The molecule has 0 heterocycles. The summed E-state index contributed by atoms with van der Waals surface area (Å²) in [6, 6.07) is 7.28. The number of carbonyl (C=O) groups is 1. The Balaban J connectivity index is 2.52. The zero-order valence-electron chi connectivity index (χ0n) is 12.6. The lowest BCUT2D eigenvalue weighted by Crippen LogP contribution is -2.30. The van der Waals surface area contributed by atoms with Gasteiger partial charge < -0.3 is 20.7 Å². The van der Waals surface area contributed by atoms with Crippen LogP contribution >= 0.6 is 12.2 Å². The number of nitrogens with one attached hydrogen (secondary N) is 1. The van der Waals surface area contributed by atoms with Gasteiger partial charge >= 0.3 is 0 Å². The predicted octanol–water partition coefficient (Wildman–Crippen LogP) is 1.62. The summed E-state index contributed by atoms with van der Waals surface area (Å²) in [6.45, 7) is 5.14. The van der Waals surface area contributed by atoms with E-state index in [0.29, 0.717) is 30.8 Å². The summed E-state index contributed by atoms with van der Waals surface area (Å²) in [5, 5.41) is 2.86. The highest BCUT2D eigenvalue weighted by atomic mass is 32.1. The number of thiocarbonyl (C=S) groups is 1. The van der Waals surface area contributed by atoms with Crippen molar-refractivity contribution in [3.05, 3.63) is 29.8 Å². The number of benzene rings is 1. The van der Waals surface area contributed by atoms with E-state index in [1.54, 1.807) is 19.2 Å². The predicted molar refractivity (Wildman–Crippen MR) is 89.6 cm³/mol. The number of para-hydroxylation sites is 1. The first kappa shape index (κ1) is 17.6. The molecule has 0 aromatic heterocycles. The highest BCUT2D eigenvalue weighted by Crippen LogP contribution is 2.15. The summed E-state index contributed by atoms with van der Waals surface area (Å²) >= 11 is 4.98. The summed E-state index contributed by atoms with van der Waals surface area (Å²) in [7, 11) is 1.67. The van der Waals surface area contributed by atoms with Crippen molar-refractivity contribution in [2.75, 3.05) is 38.7 Å². The van der Waals surface area contributed by atoms with Crippen LogP contribution in [0.3, 0.4) is 0 Å². The molecule has 0 saturated heterocycles. The second kappa shape index (κ2) is 9.44. The van der Waals surface area contributed by atoms with Gasteiger partial charge in [0.1, 0.15) is 4.99 Å². The van der Waals surface area contributed by atoms with Gasteiger partial charge in [-0.3, -0.25) is 4.79 Å². The molecule has 5 nitrogen and oxygen atoms in total. The van der Waals surface area contributed by atoms with Crippen molar-refractivity contribution >= 4 is 28.8 Å². The number of likely N-dealkylation sites (N-methyl/N-ethyl adjacent to an activating group) is 1. The van der Waals surface area contributed by atoms with Crippen molar-refractivity contribution in [2.45, 2.75) is 13.3 Å². The Labute approximate surface area is 131 Å². The maximum atomic E-state index is 12.0. The maximum Gasteiger partial charge on any atom is 0.225 e. The number of hydrogen-bond acceptors (Lipinski definition) is 4. The SMILES string of the molecule is CCN(CCOC)CCC(=O)Nc1ccccc1C(N)=S. The third-order valence-electron chi connectivity index (χ3n) is 3.18. The quantitative estimate of drug-likeness (QED) is 0.679. The Hall–Kier alpha value is -1.50. The molecule has 0 aliphatic rings. The monoisotopic (exact) mass is 309 g/mol. The van der Waals surface area contributed by atoms with Crippen LogP contribution in [-0.4, -0.2) is 49.1 Å². The highest BCUT2D eigenvalue weighted by molar-refractivity contribution is 7.80. The minimum atomic E-state index is -0.0467. The van der Waals surface area contributed by atoms with Crippen molar-refractivity contribution in [3.8, 4) is 0 Å². The van der Waals surface area contributed by atoms with Crippen LogP contribution in [-0.2, 0) is 9.53 Å². The summed E-state index contributed by atoms with van der Waals surface area (Å²) in [5.74, 6) is -0.0467. The van der Waals surface area contributed by atoms with Gasteiger partial charge in [0.2, 0.25) is 5.91 Å². The van der Waals surface area contributed by atoms with E-state index in [-0.39, 0.29) is 10.9 Å². The molecule has 0 bridgehead atoms. The number of hydrogen-bond donors (Lipinski definition) is 2. The molecule has 116 valence electrons. The van der Waals surface area contributed by atoms with Gasteiger partial charge in [-0.15, -0.1) is 0 Å². The van der Waals surface area contributed by atoms with E-state index in [1.807, 2.05) is 12.1 Å². The molecule has 3 N–H and O–H groups in total. The molecular formula is C15H23N3O2S. The number of nitrogens with two attached hydrogens (primary N) is 1. The van der Waals surface area contributed by atoms with Gasteiger partial charge in [-0.25, -0.2) is 0 Å². The van der Waals surface area contributed by atoms with Gasteiger partial charge in [0, 0.05) is 32.2 Å². The van der Waals surface area contributed by atoms with E-state index >= 15 is 0 Å². The second-order valence-electron chi connectivity index (χ2n) is 4.64. The van der Waals surface area contributed by atoms with Gasteiger partial charge in [0.25, 0.3) is 0 Å². The lowest BCUT2D eigenvalue weighted by Gasteiger charge is -2.19. The van der Waals surface area contributed by atoms with E-state index in [2.05, 4.69) is 17.1 Å². The molecular weight excluding hydrogens is 286 g/mol. The molecule has 0 unspecified atom stereocenters. The molecule has 21 heavy (non-hydrogen) atoms. The number of rotatable bonds is 9. The van der Waals surface area contributed by atoms with Gasteiger partial charge in [-0.2, -0.15) is 0 Å². The maximum absolute atomic E-state index is 12.0. The van der Waals surface area contributed by atoms with Gasteiger partial charge in [0.15, 0.2) is 0 Å². The molecule has 0 atom stereocenters. The fourth-order valence-electron chi connectivity index (χ4n) is 1.93. The van der Waals surface area contributed by atoms with Crippen LogP contribution in [0.1, 0.15) is 18.9 Å². The zero-order chi connectivity index (χ0) is 15.7. The lowest BCUT2D eigenvalue weighted by atomic mass is 10.1. The lowest BCUT2D eigenvalue weighted by molar-refractivity contribution is -0.116. The Morgan fingerprint density at radius 3 is 2.71 bits per heavy atom. The summed E-state index contributed by atoms with van der Waals surface area (Å²) < 4.78 is 5.05. The summed E-state index contributed by atoms with van der Waals surface area (Å²) in [4.78, 5) is 14.5. The Kier molecular flexibility index (Phi) is 7.89. The second-order valence-corrected chi connectivity index (χ2v) is 5.07. The van der Waals surface area contributed by atoms with E-state index in [4.69, 9.17) is 22.7 Å². The smallest absolute Gasteiger partial charge is 0.225 e. The zero-order valence-corrected chi connectivity index (χ0v) is 13.4. The summed E-state index contributed by atoms with van der Waals surface area (Å²) in [6.07, 6.45) is 0.420. The van der Waals surface area contributed by atoms with Crippen LogP contribution in [0.4, 0.5) is 5.69 Å². The molecule has 1 aromatic carbocycles. The van der Waals surface area contributed by atoms with Crippen LogP contribution in [0.5, 0.6) is 0 Å². The van der Waals surface area contributed by atoms with Gasteiger partial charge in [0.05, 0.1) is 12.3 Å². The number of nitrogens with zero attached hydrogens (tertiary/aromatic N) is 1. The standard InChI is InChI=1S/C15H23N3O2S/c1-3-18(10-11-20-2)9-8-14(19)17-13-7-5-4-6-12(13)15(16)21/h4-7H,3,8-11H2,1-2H3,(H2,16,21)(H,17,19). The first-order valence-electron chi connectivity index (χ1n) is 6.98. The largest absolute Gasteiger partial charge is 0.389 e. The van der Waals surface area contributed by atoms with Crippen molar-refractivity contribution in [1.82, 2.24) is 4.90 Å². The highest BCUT2D eigenvalue weighted by Gasteiger charge is 2.10. The third kappa shape index (κ3) is 6.20. The average molecular weight is 309 g/mol. The van der Waals surface area contributed by atoms with Crippen molar-refractivity contribution in [3.63, 3.8) is 0 Å². The average Bonchev–Trinajstić information content (AvgIpc) is 2.47. The Morgan fingerprint density at radius 2 is 2.10 bits per heavy atom. The number of amides is 1. The molecule has 1 amide bonds. The van der Waals surface area contributed by atoms with Gasteiger partial charge in [-0.05, 0) is 18.7 Å². The van der Waals surface area contributed by atoms with Crippen LogP contribution < -0.4 is 11.1 Å². The minimum Gasteiger partial charge on any atom is -0.389 e. The van der Waals surface area contributed by atoms with Gasteiger partial charge in [-0.1, -0.05) is 31.3 Å². The summed E-state index contributed by atoms with van der Waals surface area (Å²) in [5.41, 5.74) is 7.00. The first-order valence-corrected chi connectivity index (χ1v) is 7.39. The fraction of sp³-hybridized carbons (Fsp3) is 0.467. The molecule has 0 spiro atoms. The third-order valence-corrected chi connectivity index (χ3v) is 3.40. The topological polar surface area (TPSA) is 67.6 Å². The van der Waals surface area contributed by atoms with E-state index in [9.17, 15) is 4.79 Å². The van der Waals surface area contributed by atoms with E-state index in [0.717, 1.165) is 13.1 Å². The van der Waals surface area contributed by atoms with Crippen molar-refractivity contribution in [2.24, 2.45) is 5.73 Å². The molecule has 0 fully saturated rings. The Bertz CT molecular complexity index is 480. The van der Waals surface area contributed by atoms with Crippen molar-refractivity contribution < 1.29 is 9.53 Å². The van der Waals surface area contributed by atoms with Crippen LogP contribution in [0.15, 0.2) is 24.3 Å². The number of carbonyl (C=O) groups excluding carboxylic acids is 1. The van der Waals surface area contributed by atoms with Crippen LogP contribution in [0, 0.1) is 0 Å². The van der Waals surface area contributed by atoms with Crippen LogP contribution in [0.2, 0.25) is 0 Å². The molecule has 0 saturated carbocycles. The molecule has 1 rings (SSSR count). The molecule has 0 aliphatic carbocycles. The van der Waals surface area contributed by atoms with Crippen LogP contribution in [0.25, 0.3) is 0 Å². The molecule has 0 radical (unpaired) electrons. The molecule has 6 heteroatoms. The molecule has 1 aromatic rings. The van der Waals surface area contributed by atoms with E-state index in [1.165, 1.54) is 0 Å². The first-order chi connectivity index (χ1) is 10.1. The number of ether oxygens (including phenoxy) is 1. The molecule has 0 aliphatic heterocycles. The van der Waals surface area contributed by atoms with Crippen molar-refractivity contribution in [1.29, 1.82) is 0 Å². The normalized spacial score (nSPS) is 10.6. The number of methoxy groups -OCH3 is 1.